The number of hydrogen-bond acceptors (Lipinski definition) is 2. The van der Waals surface area contributed by atoms with Crippen molar-refractivity contribution in [3.05, 3.63) is 41.6 Å². The number of benzene rings is 1. The van der Waals surface area contributed by atoms with Crippen molar-refractivity contribution in [3.8, 4) is 0 Å². The van der Waals surface area contributed by atoms with Gasteiger partial charge in [0.2, 0.25) is 6.17 Å². The molecule has 2 aliphatic rings. The normalized spacial score (nSPS) is 23.2. The maximum atomic E-state index is 4.33. The van der Waals surface area contributed by atoms with Gasteiger partial charge in [0.1, 0.15) is 0 Å². The Labute approximate surface area is 89.8 Å². The Bertz CT molecular complexity index is 408. The van der Waals surface area contributed by atoms with Gasteiger partial charge >= 0.3 is 0 Å². The van der Waals surface area contributed by atoms with Crippen LogP contribution >= 0.6 is 0 Å². The highest BCUT2D eigenvalue weighted by atomic mass is 15.0. The summed E-state index contributed by atoms with van der Waals surface area (Å²) in [5.41, 5.74) is 2.90. The molecular formula is C13H13N2+. The van der Waals surface area contributed by atoms with Gasteiger partial charge in [0, 0.05) is 0 Å². The first-order valence-electron chi connectivity index (χ1n) is 5.46. The Morgan fingerprint density at radius 1 is 1.13 bits per heavy atom. The van der Waals surface area contributed by atoms with Gasteiger partial charge in [-0.2, -0.15) is 0 Å². The lowest BCUT2D eigenvalue weighted by Gasteiger charge is -2.23. The predicted molar refractivity (Wildman–Crippen MR) is 62.3 cm³/mol. The van der Waals surface area contributed by atoms with Crippen LogP contribution in [0, 0.1) is 6.17 Å². The fourth-order valence-corrected chi connectivity index (χ4v) is 2.45. The lowest BCUT2D eigenvalue weighted by Crippen LogP contribution is -2.13. The molecule has 1 aromatic rings. The SMILES string of the molecule is C1=N[C+](C2CCCc3ccccc32)N=C1. The van der Waals surface area contributed by atoms with Crippen LogP contribution in [0.25, 0.3) is 0 Å². The average Bonchev–Trinajstić information content (AvgIpc) is 2.82. The summed E-state index contributed by atoms with van der Waals surface area (Å²) in [4.78, 5) is 8.66. The molecule has 1 unspecified atom stereocenters. The van der Waals surface area contributed by atoms with Crippen LogP contribution < -0.4 is 0 Å². The highest BCUT2D eigenvalue weighted by Crippen LogP contribution is 2.39. The van der Waals surface area contributed by atoms with Crippen LogP contribution in [-0.2, 0) is 6.42 Å². The molecule has 2 nitrogen and oxygen atoms in total. The smallest absolute Gasteiger partial charge is 0.0961 e. The largest absolute Gasteiger partial charge is 0.248 e. The third-order valence-corrected chi connectivity index (χ3v) is 3.16. The maximum absolute atomic E-state index is 4.33. The van der Waals surface area contributed by atoms with E-state index in [2.05, 4.69) is 34.3 Å². The van der Waals surface area contributed by atoms with E-state index in [-0.39, 0.29) is 0 Å². The van der Waals surface area contributed by atoms with Crippen LogP contribution in [0.4, 0.5) is 0 Å². The first kappa shape index (κ1) is 8.72. The van der Waals surface area contributed by atoms with Gasteiger partial charge < -0.3 is 0 Å². The van der Waals surface area contributed by atoms with Gasteiger partial charge in [0.25, 0.3) is 0 Å². The molecule has 0 fully saturated rings. The van der Waals surface area contributed by atoms with Crippen molar-refractivity contribution in [2.24, 2.45) is 9.98 Å². The van der Waals surface area contributed by atoms with Crippen LogP contribution in [0.5, 0.6) is 0 Å². The van der Waals surface area contributed by atoms with Crippen molar-refractivity contribution in [3.63, 3.8) is 0 Å². The van der Waals surface area contributed by atoms with Crippen molar-refractivity contribution >= 4 is 12.4 Å². The summed E-state index contributed by atoms with van der Waals surface area (Å²) < 4.78 is 0. The molecule has 0 saturated heterocycles. The maximum Gasteiger partial charge on any atom is 0.248 e. The lowest BCUT2D eigenvalue weighted by molar-refractivity contribution is 0.556. The topological polar surface area (TPSA) is 24.7 Å². The van der Waals surface area contributed by atoms with Gasteiger partial charge in [-0.25, -0.2) is 0 Å². The van der Waals surface area contributed by atoms with Gasteiger partial charge in [0.15, 0.2) is 12.4 Å². The van der Waals surface area contributed by atoms with Crippen LogP contribution in [0.1, 0.15) is 29.9 Å². The summed E-state index contributed by atoms with van der Waals surface area (Å²) in [5.74, 6) is 0.421. The van der Waals surface area contributed by atoms with E-state index in [1.807, 2.05) is 0 Å². The van der Waals surface area contributed by atoms with Gasteiger partial charge in [-0.1, -0.05) is 34.3 Å². The zero-order valence-electron chi connectivity index (χ0n) is 8.56. The van der Waals surface area contributed by atoms with E-state index in [9.17, 15) is 0 Å². The summed E-state index contributed by atoms with van der Waals surface area (Å²) >= 11 is 0. The lowest BCUT2D eigenvalue weighted by atomic mass is 9.81. The third kappa shape index (κ3) is 1.46. The second-order valence-corrected chi connectivity index (χ2v) is 4.06. The minimum Gasteiger partial charge on any atom is -0.0961 e. The zero-order chi connectivity index (χ0) is 10.1. The monoisotopic (exact) mass is 197 g/mol. The van der Waals surface area contributed by atoms with Crippen LogP contribution in [-0.4, -0.2) is 12.4 Å². The van der Waals surface area contributed by atoms with Crippen LogP contribution in [0.15, 0.2) is 34.3 Å². The first-order chi connectivity index (χ1) is 7.45. The number of hydrogen-bond donors (Lipinski definition) is 0. The highest BCUT2D eigenvalue weighted by Gasteiger charge is 2.33. The fourth-order valence-electron chi connectivity index (χ4n) is 2.45. The van der Waals surface area contributed by atoms with E-state index >= 15 is 0 Å². The molecule has 0 radical (unpaired) electrons. The Morgan fingerprint density at radius 3 is 2.80 bits per heavy atom. The van der Waals surface area contributed by atoms with E-state index in [1.54, 1.807) is 12.4 Å². The number of fused-ring (bicyclic) bond motifs is 1. The molecule has 0 amide bonds. The molecule has 1 heterocycles. The van der Waals surface area contributed by atoms with Crippen LogP contribution in [0.3, 0.4) is 0 Å². The zero-order valence-corrected chi connectivity index (χ0v) is 8.56. The number of nitrogens with zero attached hydrogens (tertiary/aromatic N) is 2. The van der Waals surface area contributed by atoms with E-state index < -0.39 is 0 Å². The molecule has 0 aromatic heterocycles. The molecule has 3 rings (SSSR count). The molecule has 1 atom stereocenters. The highest BCUT2D eigenvalue weighted by molar-refractivity contribution is 6.18. The van der Waals surface area contributed by atoms with E-state index in [4.69, 9.17) is 0 Å². The molecule has 1 aliphatic carbocycles. The fraction of sp³-hybridized carbons (Fsp3) is 0.308. The molecule has 2 heteroatoms. The molecule has 0 saturated carbocycles. The molecule has 0 spiro atoms. The molecule has 0 N–H and O–H groups in total. The molecule has 15 heavy (non-hydrogen) atoms. The summed E-state index contributed by atoms with van der Waals surface area (Å²) in [5, 5.41) is 0. The second kappa shape index (κ2) is 3.54. The van der Waals surface area contributed by atoms with Gasteiger partial charge in [0.05, 0.1) is 5.92 Å². The van der Waals surface area contributed by atoms with Crippen molar-refractivity contribution in [2.45, 2.75) is 25.2 Å². The quantitative estimate of drug-likeness (QED) is 0.618. The molecule has 1 aromatic carbocycles. The first-order valence-corrected chi connectivity index (χ1v) is 5.46. The van der Waals surface area contributed by atoms with Gasteiger partial charge in [-0.3, -0.25) is 0 Å². The standard InChI is InChI=1S/C13H13N2/c1-2-6-11-10(4-1)5-3-7-12(11)13-14-8-9-15-13/h1-2,4,6,8-9,12H,3,5,7H2/q+1. The van der Waals surface area contributed by atoms with Crippen molar-refractivity contribution in [1.82, 2.24) is 0 Å². The van der Waals surface area contributed by atoms with Crippen molar-refractivity contribution in [2.75, 3.05) is 0 Å². The predicted octanol–water partition coefficient (Wildman–Crippen LogP) is 2.75. The Kier molecular flexibility index (Phi) is 2.05. The van der Waals surface area contributed by atoms with Crippen molar-refractivity contribution in [1.29, 1.82) is 0 Å². The Morgan fingerprint density at radius 2 is 1.93 bits per heavy atom. The number of aryl methyl sites for hydroxylation is 1. The minimum absolute atomic E-state index is 0.421. The minimum atomic E-state index is 0.421. The average molecular weight is 197 g/mol. The summed E-state index contributed by atoms with van der Waals surface area (Å²) in [6, 6.07) is 8.67. The van der Waals surface area contributed by atoms with Crippen molar-refractivity contribution < 1.29 is 0 Å². The van der Waals surface area contributed by atoms with Gasteiger partial charge in [-0.05, 0) is 30.4 Å². The molecule has 1 aliphatic heterocycles. The summed E-state index contributed by atoms with van der Waals surface area (Å²) in [6.07, 6.45) is 8.19. The van der Waals surface area contributed by atoms with Crippen LogP contribution in [0.2, 0.25) is 0 Å². The molecule has 0 bridgehead atoms. The molecule has 74 valence electrons. The van der Waals surface area contributed by atoms with Gasteiger partial charge in [-0.15, -0.1) is 0 Å². The second-order valence-electron chi connectivity index (χ2n) is 4.06. The third-order valence-electron chi connectivity index (χ3n) is 3.16. The Balaban J connectivity index is 1.98. The molecular weight excluding hydrogens is 184 g/mol. The Hall–Kier alpha value is -1.57. The summed E-state index contributed by atoms with van der Waals surface area (Å²) in [6.45, 7) is 0. The van der Waals surface area contributed by atoms with E-state index in [0.717, 1.165) is 6.17 Å². The summed E-state index contributed by atoms with van der Waals surface area (Å²) in [7, 11) is 0. The van der Waals surface area contributed by atoms with E-state index in [0.29, 0.717) is 5.92 Å². The number of rotatable bonds is 1. The van der Waals surface area contributed by atoms with E-state index in [1.165, 1.54) is 30.4 Å². The number of aliphatic imine (C=N–C) groups is 2.